The number of allylic oxidation sites excluding steroid dienone is 1. The van der Waals surface area contributed by atoms with E-state index in [-0.39, 0.29) is 17.6 Å². The summed E-state index contributed by atoms with van der Waals surface area (Å²) in [4.78, 5) is 29.9. The third-order valence-electron chi connectivity index (χ3n) is 7.73. The van der Waals surface area contributed by atoms with Crippen LogP contribution in [-0.4, -0.2) is 18.8 Å². The van der Waals surface area contributed by atoms with E-state index in [1.807, 2.05) is 53.4 Å². The lowest BCUT2D eigenvalue weighted by atomic mass is 9.78. The molecular formula is C33H36N2O3. The average Bonchev–Trinajstić information content (AvgIpc) is 3.08. The minimum Gasteiger partial charge on any atom is -0.497 e. The molecule has 2 aliphatic rings. The van der Waals surface area contributed by atoms with Crippen LogP contribution in [0.25, 0.3) is 0 Å². The normalized spacial score (nSPS) is 18.8. The number of benzene rings is 3. The smallest absolute Gasteiger partial charge is 0.227 e. The highest BCUT2D eigenvalue weighted by molar-refractivity contribution is 6.06. The Kier molecular flexibility index (Phi) is 7.64. The third-order valence-corrected chi connectivity index (χ3v) is 7.73. The number of para-hydroxylation sites is 2. The number of ether oxygens (including phenoxy) is 1. The standard InChI is InChI=1S/C33H36N2O3/c1-4-5-6-11-31(37)35-29-10-8-7-9-27(29)34-28-20-25(23-14-12-22(2)13-15-23)21-30(36)32(28)33(35)24-16-18-26(38-3)19-17-24/h7-10,12-19,25,33-34H,4-6,11,20-21H2,1-3H3/t25-,33-/m1/s1. The van der Waals surface area contributed by atoms with E-state index in [0.717, 1.165) is 47.6 Å². The molecule has 0 bridgehead atoms. The molecule has 0 saturated heterocycles. The van der Waals surface area contributed by atoms with Crippen molar-refractivity contribution in [3.8, 4) is 5.75 Å². The first-order valence-electron chi connectivity index (χ1n) is 13.6. The van der Waals surface area contributed by atoms with Gasteiger partial charge in [0.05, 0.1) is 24.5 Å². The number of unbranched alkanes of at least 4 members (excludes halogenated alkanes) is 2. The number of fused-ring (bicyclic) bond motifs is 1. The molecule has 0 aromatic heterocycles. The van der Waals surface area contributed by atoms with Crippen LogP contribution in [0.15, 0.2) is 84.1 Å². The second-order valence-corrected chi connectivity index (χ2v) is 10.4. The third kappa shape index (κ3) is 5.10. The second kappa shape index (κ2) is 11.3. The molecule has 3 aromatic rings. The number of aryl methyl sites for hydroxylation is 1. The number of methoxy groups -OCH3 is 1. The van der Waals surface area contributed by atoms with Crippen molar-refractivity contribution in [1.82, 2.24) is 0 Å². The van der Waals surface area contributed by atoms with Crippen LogP contribution in [0.1, 0.15) is 74.1 Å². The Morgan fingerprint density at radius 3 is 2.37 bits per heavy atom. The van der Waals surface area contributed by atoms with Crippen molar-refractivity contribution in [2.75, 3.05) is 17.3 Å². The number of ketones is 1. The Morgan fingerprint density at radius 2 is 1.66 bits per heavy atom. The average molecular weight is 509 g/mol. The van der Waals surface area contributed by atoms with Crippen LogP contribution in [0.4, 0.5) is 11.4 Å². The fraction of sp³-hybridized carbons (Fsp3) is 0.333. The van der Waals surface area contributed by atoms with E-state index in [1.165, 1.54) is 11.1 Å². The molecule has 5 heteroatoms. The van der Waals surface area contributed by atoms with E-state index in [4.69, 9.17) is 4.74 Å². The van der Waals surface area contributed by atoms with Crippen molar-refractivity contribution < 1.29 is 14.3 Å². The summed E-state index contributed by atoms with van der Waals surface area (Å²) in [5.74, 6) is 0.954. The van der Waals surface area contributed by atoms with Crippen LogP contribution in [0.5, 0.6) is 5.75 Å². The molecule has 2 atom stereocenters. The van der Waals surface area contributed by atoms with Gasteiger partial charge in [-0.2, -0.15) is 0 Å². The lowest BCUT2D eigenvalue weighted by molar-refractivity contribution is -0.119. The van der Waals surface area contributed by atoms with Crippen LogP contribution in [-0.2, 0) is 9.59 Å². The fourth-order valence-electron chi connectivity index (χ4n) is 5.69. The molecule has 0 unspecified atom stereocenters. The highest BCUT2D eigenvalue weighted by atomic mass is 16.5. The van der Waals surface area contributed by atoms with E-state index in [2.05, 4.69) is 43.4 Å². The van der Waals surface area contributed by atoms with Gasteiger partial charge in [0, 0.05) is 24.1 Å². The summed E-state index contributed by atoms with van der Waals surface area (Å²) in [6.07, 6.45) is 4.44. The van der Waals surface area contributed by atoms with Crippen molar-refractivity contribution in [2.24, 2.45) is 0 Å². The van der Waals surface area contributed by atoms with Gasteiger partial charge in [0.25, 0.3) is 0 Å². The number of hydrogen-bond acceptors (Lipinski definition) is 4. The maximum Gasteiger partial charge on any atom is 0.227 e. The van der Waals surface area contributed by atoms with E-state index in [0.29, 0.717) is 24.8 Å². The summed E-state index contributed by atoms with van der Waals surface area (Å²) in [6, 6.07) is 23.7. The first-order valence-corrected chi connectivity index (χ1v) is 13.6. The summed E-state index contributed by atoms with van der Waals surface area (Å²) >= 11 is 0. The Morgan fingerprint density at radius 1 is 0.947 bits per heavy atom. The van der Waals surface area contributed by atoms with Gasteiger partial charge in [0.2, 0.25) is 5.91 Å². The molecule has 5 nitrogen and oxygen atoms in total. The zero-order chi connectivity index (χ0) is 26.6. The van der Waals surface area contributed by atoms with E-state index in [1.54, 1.807) is 7.11 Å². The summed E-state index contributed by atoms with van der Waals surface area (Å²) in [7, 11) is 1.64. The first-order chi connectivity index (χ1) is 18.5. The molecule has 3 aromatic carbocycles. The highest BCUT2D eigenvalue weighted by Crippen LogP contribution is 2.47. The SMILES string of the molecule is CCCCCC(=O)N1c2ccccc2NC2=C(C(=O)C[C@H](c3ccc(C)cc3)C2)[C@H]1c1ccc(OC)cc1. The molecule has 1 amide bonds. The number of anilines is 2. The zero-order valence-corrected chi connectivity index (χ0v) is 22.5. The minimum absolute atomic E-state index is 0.0377. The predicted octanol–water partition coefficient (Wildman–Crippen LogP) is 7.48. The number of hydrogen-bond donors (Lipinski definition) is 1. The van der Waals surface area contributed by atoms with E-state index < -0.39 is 6.04 Å². The lowest BCUT2D eigenvalue weighted by Crippen LogP contribution is -2.38. The van der Waals surface area contributed by atoms with Crippen LogP contribution in [0.3, 0.4) is 0 Å². The van der Waals surface area contributed by atoms with Gasteiger partial charge in [0.1, 0.15) is 5.75 Å². The molecule has 5 rings (SSSR count). The van der Waals surface area contributed by atoms with Gasteiger partial charge < -0.3 is 10.1 Å². The fourth-order valence-corrected chi connectivity index (χ4v) is 5.69. The monoisotopic (exact) mass is 508 g/mol. The van der Waals surface area contributed by atoms with Gasteiger partial charge in [-0.25, -0.2) is 0 Å². The molecule has 1 aliphatic heterocycles. The van der Waals surface area contributed by atoms with Gasteiger partial charge >= 0.3 is 0 Å². The van der Waals surface area contributed by atoms with Crippen LogP contribution < -0.4 is 15.0 Å². The van der Waals surface area contributed by atoms with Gasteiger partial charge in [-0.1, -0.05) is 73.9 Å². The molecule has 0 fully saturated rings. The molecule has 0 radical (unpaired) electrons. The second-order valence-electron chi connectivity index (χ2n) is 10.4. The van der Waals surface area contributed by atoms with Crippen molar-refractivity contribution in [2.45, 2.75) is 64.3 Å². The quantitative estimate of drug-likeness (QED) is 0.336. The number of carbonyl (C=O) groups is 2. The van der Waals surface area contributed by atoms with Crippen molar-refractivity contribution in [3.05, 3.63) is 101 Å². The number of carbonyl (C=O) groups excluding carboxylic acids is 2. The Balaban J connectivity index is 1.65. The number of Topliss-reactive ketones (excluding diaryl/α,β-unsaturated/α-hetero) is 1. The summed E-state index contributed by atoms with van der Waals surface area (Å²) < 4.78 is 5.40. The van der Waals surface area contributed by atoms with Gasteiger partial charge in [0.15, 0.2) is 5.78 Å². The van der Waals surface area contributed by atoms with E-state index >= 15 is 0 Å². The van der Waals surface area contributed by atoms with Gasteiger partial charge in [-0.05, 0) is 61.1 Å². The number of rotatable bonds is 7. The van der Waals surface area contributed by atoms with Crippen molar-refractivity contribution in [1.29, 1.82) is 0 Å². The predicted molar refractivity (Wildman–Crippen MR) is 153 cm³/mol. The molecule has 1 aliphatic carbocycles. The van der Waals surface area contributed by atoms with Crippen molar-refractivity contribution >= 4 is 23.1 Å². The number of nitrogens with zero attached hydrogens (tertiary/aromatic N) is 1. The number of nitrogens with one attached hydrogen (secondary N) is 1. The van der Waals surface area contributed by atoms with Gasteiger partial charge in [-0.3, -0.25) is 14.5 Å². The highest BCUT2D eigenvalue weighted by Gasteiger charge is 2.41. The molecule has 0 saturated carbocycles. The molecule has 0 spiro atoms. The van der Waals surface area contributed by atoms with Gasteiger partial charge in [-0.15, -0.1) is 0 Å². The molecular weight excluding hydrogens is 472 g/mol. The van der Waals surface area contributed by atoms with Crippen molar-refractivity contribution in [3.63, 3.8) is 0 Å². The Hall–Kier alpha value is -3.86. The summed E-state index contributed by atoms with van der Waals surface area (Å²) in [5, 5.41) is 3.62. The van der Waals surface area contributed by atoms with Crippen LogP contribution in [0.2, 0.25) is 0 Å². The van der Waals surface area contributed by atoms with Crippen LogP contribution >= 0.6 is 0 Å². The zero-order valence-electron chi connectivity index (χ0n) is 22.5. The number of amides is 1. The summed E-state index contributed by atoms with van der Waals surface area (Å²) in [6.45, 7) is 4.21. The molecule has 1 N–H and O–H groups in total. The topological polar surface area (TPSA) is 58.6 Å². The molecule has 196 valence electrons. The summed E-state index contributed by atoms with van der Waals surface area (Å²) in [5.41, 5.74) is 6.55. The first kappa shape index (κ1) is 25.8. The maximum atomic E-state index is 14.1. The van der Waals surface area contributed by atoms with Crippen LogP contribution in [0, 0.1) is 6.92 Å². The minimum atomic E-state index is -0.507. The largest absolute Gasteiger partial charge is 0.497 e. The molecule has 38 heavy (non-hydrogen) atoms. The Bertz CT molecular complexity index is 1340. The lowest BCUT2D eigenvalue weighted by Gasteiger charge is -2.35. The maximum absolute atomic E-state index is 14.1. The molecule has 1 heterocycles. The van der Waals surface area contributed by atoms with E-state index in [9.17, 15) is 9.59 Å². The Labute approximate surface area is 225 Å².